The average molecular weight is 512 g/mol. The van der Waals surface area contributed by atoms with Gasteiger partial charge < -0.3 is 10.1 Å². The van der Waals surface area contributed by atoms with Gasteiger partial charge in [-0.05, 0) is 52.0 Å². The molecule has 0 bridgehead atoms. The molecule has 0 aliphatic carbocycles. The molecule has 2 amide bonds. The lowest BCUT2D eigenvalue weighted by atomic mass is 10.1. The van der Waals surface area contributed by atoms with Crippen molar-refractivity contribution >= 4 is 38.7 Å². The molecule has 1 saturated heterocycles. The summed E-state index contributed by atoms with van der Waals surface area (Å²) in [5, 5.41) is 3.63. The zero-order valence-electron chi connectivity index (χ0n) is 20.6. The van der Waals surface area contributed by atoms with Gasteiger partial charge in [0.25, 0.3) is 10.1 Å². The van der Waals surface area contributed by atoms with Crippen molar-refractivity contribution in [2.75, 3.05) is 11.9 Å². The number of ether oxygens (including phenoxy) is 1. The SMILES string of the molecule is Cc1ccc(S(=O)(=O)O[C@H]2C[C@@H](C(=O)Nc3cnc4ccccc4c3)N(C(=O)OC(C)(C)C)C2)cc1. The van der Waals surface area contributed by atoms with Crippen molar-refractivity contribution in [1.29, 1.82) is 0 Å². The van der Waals surface area contributed by atoms with Crippen molar-refractivity contribution in [1.82, 2.24) is 9.88 Å². The van der Waals surface area contributed by atoms with E-state index in [2.05, 4.69) is 10.3 Å². The Morgan fingerprint density at radius 3 is 2.47 bits per heavy atom. The number of nitrogens with zero attached hydrogens (tertiary/aromatic N) is 2. The van der Waals surface area contributed by atoms with E-state index < -0.39 is 39.9 Å². The van der Waals surface area contributed by atoms with Crippen LogP contribution in [-0.2, 0) is 23.8 Å². The summed E-state index contributed by atoms with van der Waals surface area (Å²) in [6.45, 7) is 6.88. The summed E-state index contributed by atoms with van der Waals surface area (Å²) in [6, 6.07) is 14.5. The maximum absolute atomic E-state index is 13.3. The van der Waals surface area contributed by atoms with Crippen molar-refractivity contribution in [3.8, 4) is 0 Å². The highest BCUT2D eigenvalue weighted by molar-refractivity contribution is 7.86. The Bertz CT molecular complexity index is 1380. The number of fused-ring (bicyclic) bond motifs is 1. The van der Waals surface area contributed by atoms with Crippen LogP contribution < -0.4 is 5.32 Å². The van der Waals surface area contributed by atoms with Crippen LogP contribution in [-0.4, -0.2) is 54.6 Å². The van der Waals surface area contributed by atoms with Crippen molar-refractivity contribution in [3.05, 3.63) is 66.4 Å². The molecule has 2 aromatic carbocycles. The molecule has 1 aromatic heterocycles. The molecule has 4 rings (SSSR count). The summed E-state index contributed by atoms with van der Waals surface area (Å²) in [5.74, 6) is -0.489. The number of carbonyl (C=O) groups excluding carboxylic acids is 2. The number of hydrogen-bond acceptors (Lipinski definition) is 7. The number of likely N-dealkylation sites (tertiary alicyclic amines) is 1. The number of aromatic nitrogens is 1. The van der Waals surface area contributed by atoms with Crippen molar-refractivity contribution < 1.29 is 26.9 Å². The van der Waals surface area contributed by atoms with Crippen LogP contribution in [0, 0.1) is 6.92 Å². The number of nitrogens with one attached hydrogen (secondary N) is 1. The smallest absolute Gasteiger partial charge is 0.411 e. The van der Waals surface area contributed by atoms with Crippen LogP contribution in [0.25, 0.3) is 10.9 Å². The largest absolute Gasteiger partial charge is 0.444 e. The number of rotatable bonds is 5. The highest BCUT2D eigenvalue weighted by atomic mass is 32.2. The first-order valence-electron chi connectivity index (χ1n) is 11.6. The molecule has 1 aliphatic rings. The lowest BCUT2D eigenvalue weighted by Gasteiger charge is -2.27. The van der Waals surface area contributed by atoms with E-state index >= 15 is 0 Å². The highest BCUT2D eigenvalue weighted by Crippen LogP contribution is 2.28. The number of benzene rings is 2. The van der Waals surface area contributed by atoms with Gasteiger partial charge in [-0.2, -0.15) is 8.42 Å². The number of para-hydroxylation sites is 1. The van der Waals surface area contributed by atoms with Gasteiger partial charge in [-0.1, -0.05) is 35.9 Å². The third-order valence-corrected chi connectivity index (χ3v) is 7.00. The fraction of sp³-hybridized carbons (Fsp3) is 0.346. The molecule has 9 nitrogen and oxygen atoms in total. The van der Waals surface area contributed by atoms with Crippen LogP contribution in [0.1, 0.15) is 32.8 Å². The molecule has 1 fully saturated rings. The van der Waals surface area contributed by atoms with Crippen LogP contribution in [0.5, 0.6) is 0 Å². The van der Waals surface area contributed by atoms with Crippen LogP contribution >= 0.6 is 0 Å². The third kappa shape index (κ3) is 6.00. The molecule has 0 radical (unpaired) electrons. The molecule has 0 saturated carbocycles. The predicted octanol–water partition coefficient (Wildman–Crippen LogP) is 4.27. The molecule has 36 heavy (non-hydrogen) atoms. The van der Waals surface area contributed by atoms with Crippen LogP contribution in [0.2, 0.25) is 0 Å². The molecule has 2 heterocycles. The molecule has 1 aliphatic heterocycles. The standard InChI is InChI=1S/C26H29N3O6S/c1-17-9-11-21(12-10-17)36(32,33)35-20-14-23(29(16-20)25(31)34-26(2,3)4)24(30)28-19-13-18-7-5-6-8-22(18)27-15-19/h5-13,15,20,23H,14,16H2,1-4H3,(H,28,30)/t20-,23-/m0/s1. The maximum atomic E-state index is 13.3. The molecule has 2 atom stereocenters. The molecule has 10 heteroatoms. The number of carbonyl (C=O) groups is 2. The summed E-state index contributed by atoms with van der Waals surface area (Å²) < 4.78 is 36.6. The monoisotopic (exact) mass is 511 g/mol. The summed E-state index contributed by atoms with van der Waals surface area (Å²) in [7, 11) is -4.10. The number of amides is 2. The van der Waals surface area contributed by atoms with Gasteiger partial charge in [0.05, 0.1) is 34.9 Å². The van der Waals surface area contributed by atoms with Crippen LogP contribution in [0.4, 0.5) is 10.5 Å². The Morgan fingerprint density at radius 1 is 1.08 bits per heavy atom. The van der Waals surface area contributed by atoms with Crippen molar-refractivity contribution in [2.45, 2.75) is 56.8 Å². The second kappa shape index (κ2) is 9.87. The lowest BCUT2D eigenvalue weighted by molar-refractivity contribution is -0.120. The molecular weight excluding hydrogens is 482 g/mol. The van der Waals surface area contributed by atoms with Crippen LogP contribution in [0.3, 0.4) is 0 Å². The van der Waals surface area contributed by atoms with Gasteiger partial charge in [0.15, 0.2) is 0 Å². The van der Waals surface area contributed by atoms with Crippen molar-refractivity contribution in [2.24, 2.45) is 0 Å². The van der Waals surface area contributed by atoms with E-state index in [-0.39, 0.29) is 17.9 Å². The van der Waals surface area contributed by atoms with Gasteiger partial charge in [-0.3, -0.25) is 18.9 Å². The van der Waals surface area contributed by atoms with Gasteiger partial charge >= 0.3 is 6.09 Å². The fourth-order valence-electron chi connectivity index (χ4n) is 3.94. The maximum Gasteiger partial charge on any atom is 0.411 e. The topological polar surface area (TPSA) is 115 Å². The van der Waals surface area contributed by atoms with Gasteiger partial charge in [-0.25, -0.2) is 4.79 Å². The lowest BCUT2D eigenvalue weighted by Crippen LogP contribution is -2.45. The van der Waals surface area contributed by atoms with E-state index in [0.717, 1.165) is 16.5 Å². The second-order valence-electron chi connectivity index (χ2n) is 9.78. The van der Waals surface area contributed by atoms with E-state index in [1.165, 1.54) is 23.2 Å². The Hall–Kier alpha value is -3.50. The summed E-state index contributed by atoms with van der Waals surface area (Å²) in [6.07, 6.45) is -0.132. The van der Waals surface area contributed by atoms with Gasteiger partial charge in [0.1, 0.15) is 11.6 Å². The summed E-state index contributed by atoms with van der Waals surface area (Å²) in [4.78, 5) is 31.7. The van der Waals surface area contributed by atoms with Crippen molar-refractivity contribution in [3.63, 3.8) is 0 Å². The first kappa shape index (κ1) is 25.6. The van der Waals surface area contributed by atoms with E-state index in [4.69, 9.17) is 8.92 Å². The zero-order chi connectivity index (χ0) is 26.1. The molecule has 0 spiro atoms. The Morgan fingerprint density at radius 2 is 1.78 bits per heavy atom. The normalized spacial score (nSPS) is 18.3. The molecule has 3 aromatic rings. The minimum atomic E-state index is -4.10. The predicted molar refractivity (Wildman–Crippen MR) is 135 cm³/mol. The van der Waals surface area contributed by atoms with Gasteiger partial charge in [0, 0.05) is 11.8 Å². The molecular formula is C26H29N3O6S. The van der Waals surface area contributed by atoms with E-state index in [0.29, 0.717) is 5.69 Å². The Balaban J connectivity index is 1.55. The summed E-state index contributed by atoms with van der Waals surface area (Å²) in [5.41, 5.74) is 1.35. The van der Waals surface area contributed by atoms with E-state index in [1.807, 2.05) is 31.2 Å². The Kier molecular flexibility index (Phi) is 7.01. The van der Waals surface area contributed by atoms with Gasteiger partial charge in [-0.15, -0.1) is 0 Å². The third-order valence-electron chi connectivity index (χ3n) is 5.62. The average Bonchev–Trinajstić information content (AvgIpc) is 3.22. The zero-order valence-corrected chi connectivity index (χ0v) is 21.4. The number of anilines is 1. The number of pyridine rings is 1. The minimum absolute atomic E-state index is 0.00653. The van der Waals surface area contributed by atoms with Gasteiger partial charge in [0.2, 0.25) is 5.91 Å². The van der Waals surface area contributed by atoms with Crippen LogP contribution in [0.15, 0.2) is 65.7 Å². The highest BCUT2D eigenvalue weighted by Gasteiger charge is 2.43. The van der Waals surface area contributed by atoms with E-state index in [9.17, 15) is 18.0 Å². The molecule has 190 valence electrons. The Labute approximate surface area is 210 Å². The number of hydrogen-bond donors (Lipinski definition) is 1. The summed E-state index contributed by atoms with van der Waals surface area (Å²) >= 11 is 0. The molecule has 0 unspecified atom stereocenters. The fourth-order valence-corrected chi connectivity index (χ4v) is 5.02. The van der Waals surface area contributed by atoms with E-state index in [1.54, 1.807) is 39.0 Å². The quantitative estimate of drug-likeness (QED) is 0.509. The second-order valence-corrected chi connectivity index (χ2v) is 11.3. The first-order valence-corrected chi connectivity index (χ1v) is 13.0. The molecule has 1 N–H and O–H groups in total. The number of aryl methyl sites for hydroxylation is 1. The first-order chi connectivity index (χ1) is 16.9. The minimum Gasteiger partial charge on any atom is -0.444 e.